The van der Waals surface area contributed by atoms with Crippen LogP contribution in [0.15, 0.2) is 18.2 Å². The van der Waals surface area contributed by atoms with E-state index >= 15 is 0 Å². The molecule has 5 heteroatoms. The van der Waals surface area contributed by atoms with Gasteiger partial charge in [-0.3, -0.25) is 9.48 Å². The van der Waals surface area contributed by atoms with E-state index in [1.807, 2.05) is 36.7 Å². The van der Waals surface area contributed by atoms with Crippen molar-refractivity contribution in [1.82, 2.24) is 9.78 Å². The van der Waals surface area contributed by atoms with Gasteiger partial charge in [0.1, 0.15) is 0 Å². The molecule has 1 aromatic heterocycles. The Kier molecular flexibility index (Phi) is 4.08. The number of benzene rings is 1. The van der Waals surface area contributed by atoms with Gasteiger partial charge in [0.2, 0.25) is 0 Å². The molecule has 0 radical (unpaired) electrons. The molecule has 0 saturated carbocycles. The topological polar surface area (TPSA) is 53.4 Å². The molecule has 2 aromatic rings. The molecule has 1 aromatic carbocycles. The Morgan fingerprint density at radius 3 is 2.45 bits per heavy atom. The average molecular weight is 274 g/mol. The van der Waals surface area contributed by atoms with E-state index < -0.39 is 0 Å². The van der Waals surface area contributed by atoms with Crippen LogP contribution in [0.25, 0.3) is 0 Å². The van der Waals surface area contributed by atoms with Crippen molar-refractivity contribution in [2.45, 2.75) is 20.4 Å². The highest BCUT2D eigenvalue weighted by Gasteiger charge is 2.12. The summed E-state index contributed by atoms with van der Waals surface area (Å²) in [5.74, 6) is 1.38. The number of hydrogen-bond donors (Lipinski definition) is 0. The largest absolute Gasteiger partial charge is 0.493 e. The van der Waals surface area contributed by atoms with Gasteiger partial charge in [-0.05, 0) is 31.5 Å². The number of rotatable bonds is 5. The molecule has 106 valence electrons. The van der Waals surface area contributed by atoms with Gasteiger partial charge in [0, 0.05) is 5.69 Å². The Morgan fingerprint density at radius 1 is 1.20 bits per heavy atom. The molecule has 0 N–H and O–H groups in total. The van der Waals surface area contributed by atoms with Gasteiger partial charge in [-0.25, -0.2) is 0 Å². The van der Waals surface area contributed by atoms with E-state index in [4.69, 9.17) is 9.47 Å². The van der Waals surface area contributed by atoms with E-state index in [1.54, 1.807) is 14.2 Å². The van der Waals surface area contributed by atoms with E-state index in [2.05, 4.69) is 5.10 Å². The molecule has 0 spiro atoms. The first-order valence-electron chi connectivity index (χ1n) is 6.30. The van der Waals surface area contributed by atoms with Crippen LogP contribution in [0.2, 0.25) is 0 Å². The van der Waals surface area contributed by atoms with Crippen molar-refractivity contribution in [3.8, 4) is 11.5 Å². The summed E-state index contributed by atoms with van der Waals surface area (Å²) in [5.41, 5.74) is 3.31. The van der Waals surface area contributed by atoms with Gasteiger partial charge in [0.15, 0.2) is 17.8 Å². The minimum atomic E-state index is 0.584. The van der Waals surface area contributed by atoms with Crippen LogP contribution in [-0.4, -0.2) is 30.3 Å². The molecule has 5 nitrogen and oxygen atoms in total. The normalized spacial score (nSPS) is 10.4. The summed E-state index contributed by atoms with van der Waals surface area (Å²) in [5, 5.41) is 4.39. The molecular weight excluding hydrogens is 256 g/mol. The highest BCUT2D eigenvalue weighted by Crippen LogP contribution is 2.28. The summed E-state index contributed by atoms with van der Waals surface area (Å²) in [6.45, 7) is 4.31. The lowest BCUT2D eigenvalue weighted by Crippen LogP contribution is -2.05. The first-order chi connectivity index (χ1) is 9.60. The zero-order valence-corrected chi connectivity index (χ0v) is 12.1. The Hall–Kier alpha value is -2.30. The molecule has 0 fully saturated rings. The highest BCUT2D eigenvalue weighted by atomic mass is 16.5. The SMILES string of the molecule is COc1ccc(Cn2nc(C)c(C=O)c2C)cc1OC. The van der Waals surface area contributed by atoms with Gasteiger partial charge >= 0.3 is 0 Å². The lowest BCUT2D eigenvalue weighted by atomic mass is 10.2. The van der Waals surface area contributed by atoms with Crippen molar-refractivity contribution >= 4 is 6.29 Å². The van der Waals surface area contributed by atoms with Crippen molar-refractivity contribution in [3.05, 3.63) is 40.7 Å². The monoisotopic (exact) mass is 274 g/mol. The second kappa shape index (κ2) is 5.77. The lowest BCUT2D eigenvalue weighted by molar-refractivity contribution is 0.112. The Labute approximate surface area is 118 Å². The number of methoxy groups -OCH3 is 2. The first kappa shape index (κ1) is 14.1. The quantitative estimate of drug-likeness (QED) is 0.785. The van der Waals surface area contributed by atoms with Crippen LogP contribution in [0.4, 0.5) is 0 Å². The highest BCUT2D eigenvalue weighted by molar-refractivity contribution is 5.78. The minimum absolute atomic E-state index is 0.584. The minimum Gasteiger partial charge on any atom is -0.493 e. The fraction of sp³-hybridized carbons (Fsp3) is 0.333. The van der Waals surface area contributed by atoms with Gasteiger partial charge in [0.25, 0.3) is 0 Å². The van der Waals surface area contributed by atoms with Gasteiger partial charge in [0.05, 0.1) is 32.0 Å². The van der Waals surface area contributed by atoms with Crippen LogP contribution in [0.1, 0.15) is 27.3 Å². The summed E-state index contributed by atoms with van der Waals surface area (Å²) in [4.78, 5) is 11.0. The first-order valence-corrected chi connectivity index (χ1v) is 6.30. The van der Waals surface area contributed by atoms with Crippen molar-refractivity contribution in [3.63, 3.8) is 0 Å². The van der Waals surface area contributed by atoms with E-state index in [-0.39, 0.29) is 0 Å². The molecule has 0 amide bonds. The molecule has 0 saturated heterocycles. The summed E-state index contributed by atoms with van der Waals surface area (Å²) in [6.07, 6.45) is 0.850. The van der Waals surface area contributed by atoms with Crippen LogP contribution in [0.5, 0.6) is 11.5 Å². The second-order valence-electron chi connectivity index (χ2n) is 4.55. The second-order valence-corrected chi connectivity index (χ2v) is 4.55. The smallest absolute Gasteiger partial charge is 0.161 e. The number of aryl methyl sites for hydroxylation is 1. The van der Waals surface area contributed by atoms with Crippen LogP contribution < -0.4 is 9.47 Å². The third-order valence-corrected chi connectivity index (χ3v) is 3.34. The molecule has 1 heterocycles. The maximum atomic E-state index is 11.0. The van der Waals surface area contributed by atoms with Crippen LogP contribution in [0, 0.1) is 13.8 Å². The van der Waals surface area contributed by atoms with E-state index in [0.29, 0.717) is 23.6 Å². The van der Waals surface area contributed by atoms with Crippen molar-refractivity contribution in [1.29, 1.82) is 0 Å². The zero-order valence-electron chi connectivity index (χ0n) is 12.1. The van der Waals surface area contributed by atoms with Crippen LogP contribution in [0.3, 0.4) is 0 Å². The number of aromatic nitrogens is 2. The van der Waals surface area contributed by atoms with Gasteiger partial charge in [-0.2, -0.15) is 5.10 Å². The molecule has 0 aliphatic heterocycles. The summed E-state index contributed by atoms with van der Waals surface area (Å²) in [7, 11) is 3.21. The fourth-order valence-corrected chi connectivity index (χ4v) is 2.19. The van der Waals surface area contributed by atoms with E-state index in [1.165, 1.54) is 0 Å². The number of carbonyl (C=O) groups excluding carboxylic acids is 1. The number of ether oxygens (including phenoxy) is 2. The van der Waals surface area contributed by atoms with Crippen molar-refractivity contribution < 1.29 is 14.3 Å². The molecule has 0 unspecified atom stereocenters. The summed E-state index contributed by atoms with van der Waals surface area (Å²) < 4.78 is 12.3. The number of hydrogen-bond acceptors (Lipinski definition) is 4. The van der Waals surface area contributed by atoms with E-state index in [0.717, 1.165) is 23.2 Å². The standard InChI is InChI=1S/C15H18N2O3/c1-10-13(9-18)11(2)17(16-10)8-12-5-6-14(19-3)15(7-12)20-4/h5-7,9H,8H2,1-4H3. The summed E-state index contributed by atoms with van der Waals surface area (Å²) in [6, 6.07) is 5.73. The molecule has 0 bridgehead atoms. The Balaban J connectivity index is 2.33. The van der Waals surface area contributed by atoms with Crippen LogP contribution in [-0.2, 0) is 6.54 Å². The maximum absolute atomic E-state index is 11.0. The van der Waals surface area contributed by atoms with Crippen molar-refractivity contribution in [2.75, 3.05) is 14.2 Å². The summed E-state index contributed by atoms with van der Waals surface area (Å²) >= 11 is 0. The van der Waals surface area contributed by atoms with Gasteiger partial charge in [-0.1, -0.05) is 6.07 Å². The predicted molar refractivity (Wildman–Crippen MR) is 75.7 cm³/mol. The third-order valence-electron chi connectivity index (χ3n) is 3.34. The average Bonchev–Trinajstić information content (AvgIpc) is 2.72. The lowest BCUT2D eigenvalue weighted by Gasteiger charge is -2.10. The Morgan fingerprint density at radius 2 is 1.90 bits per heavy atom. The number of nitrogens with zero attached hydrogens (tertiary/aromatic N) is 2. The number of carbonyl (C=O) groups is 1. The predicted octanol–water partition coefficient (Wildman–Crippen LogP) is 2.38. The zero-order chi connectivity index (χ0) is 14.7. The van der Waals surface area contributed by atoms with Gasteiger partial charge in [-0.15, -0.1) is 0 Å². The van der Waals surface area contributed by atoms with E-state index in [9.17, 15) is 4.79 Å². The van der Waals surface area contributed by atoms with Crippen molar-refractivity contribution in [2.24, 2.45) is 0 Å². The molecule has 0 atom stereocenters. The molecular formula is C15H18N2O3. The molecule has 0 aliphatic carbocycles. The molecule has 0 aliphatic rings. The molecule has 20 heavy (non-hydrogen) atoms. The fourth-order valence-electron chi connectivity index (χ4n) is 2.19. The van der Waals surface area contributed by atoms with Crippen LogP contribution >= 0.6 is 0 Å². The number of aldehydes is 1. The van der Waals surface area contributed by atoms with Gasteiger partial charge < -0.3 is 9.47 Å². The maximum Gasteiger partial charge on any atom is 0.161 e. The molecule has 2 rings (SSSR count). The Bertz CT molecular complexity index is 632. The third kappa shape index (κ3) is 2.52.